The first-order chi connectivity index (χ1) is 8.34. The third-order valence-corrected chi connectivity index (χ3v) is 4.01. The molecule has 4 rings (SSSR count). The zero-order chi connectivity index (χ0) is 11.4. The summed E-state index contributed by atoms with van der Waals surface area (Å²) < 4.78 is 0. The van der Waals surface area contributed by atoms with E-state index in [1.807, 2.05) is 30.3 Å². The molecule has 1 N–H and O–H groups in total. The Morgan fingerprint density at radius 3 is 2.94 bits per heavy atom. The summed E-state index contributed by atoms with van der Waals surface area (Å²) in [6.45, 7) is 0. The molecule has 17 heavy (non-hydrogen) atoms. The van der Waals surface area contributed by atoms with Crippen molar-refractivity contribution in [2.45, 2.75) is 18.6 Å². The fraction of sp³-hybridized carbons (Fsp3) is 0.385. The van der Waals surface area contributed by atoms with E-state index >= 15 is 0 Å². The molecule has 4 atom stereocenters. The van der Waals surface area contributed by atoms with Gasteiger partial charge in [0, 0.05) is 6.04 Å². The van der Waals surface area contributed by atoms with Crippen molar-refractivity contribution in [3.63, 3.8) is 0 Å². The molecule has 2 bridgehead atoms. The van der Waals surface area contributed by atoms with E-state index in [4.69, 9.17) is 4.84 Å². The van der Waals surface area contributed by atoms with Crippen molar-refractivity contribution < 1.29 is 9.63 Å². The molecule has 1 amide bonds. The van der Waals surface area contributed by atoms with Gasteiger partial charge in [-0.2, -0.15) is 0 Å². The first kappa shape index (κ1) is 9.22. The Bertz CT molecular complexity index is 511. The standard InChI is InChI=1S/C13H12N2O2/c16-13-8-6-9(14-13)10-11(15-17-12(8)10)7-4-2-1-3-5-7/h1-5,8-10,12H,6H2,(H,14,16). The number of fused-ring (bicyclic) bond motifs is 5. The smallest absolute Gasteiger partial charge is 0.227 e. The average Bonchev–Trinajstić information content (AvgIpc) is 3.00. The van der Waals surface area contributed by atoms with Gasteiger partial charge in [-0.25, -0.2) is 0 Å². The summed E-state index contributed by atoms with van der Waals surface area (Å²) >= 11 is 0. The minimum Gasteiger partial charge on any atom is -0.391 e. The minimum atomic E-state index is -0.0380. The number of oxime groups is 1. The van der Waals surface area contributed by atoms with Crippen LogP contribution in [0.3, 0.4) is 0 Å². The lowest BCUT2D eigenvalue weighted by atomic mass is 9.88. The van der Waals surface area contributed by atoms with E-state index in [2.05, 4.69) is 10.5 Å². The van der Waals surface area contributed by atoms with Gasteiger partial charge in [-0.3, -0.25) is 4.79 Å². The van der Waals surface area contributed by atoms with Crippen LogP contribution in [0.25, 0.3) is 0 Å². The van der Waals surface area contributed by atoms with Gasteiger partial charge < -0.3 is 10.2 Å². The van der Waals surface area contributed by atoms with E-state index in [1.54, 1.807) is 0 Å². The van der Waals surface area contributed by atoms with Crippen LogP contribution in [-0.4, -0.2) is 23.8 Å². The first-order valence-corrected chi connectivity index (χ1v) is 5.94. The molecule has 1 aromatic carbocycles. The highest BCUT2D eigenvalue weighted by Crippen LogP contribution is 2.44. The summed E-state index contributed by atoms with van der Waals surface area (Å²) in [4.78, 5) is 17.1. The number of piperidine rings is 1. The van der Waals surface area contributed by atoms with Crippen molar-refractivity contribution in [3.05, 3.63) is 35.9 Å². The van der Waals surface area contributed by atoms with Crippen molar-refractivity contribution in [1.82, 2.24) is 5.32 Å². The number of hydrogen-bond acceptors (Lipinski definition) is 3. The maximum atomic E-state index is 11.6. The minimum absolute atomic E-state index is 0.00466. The summed E-state index contributed by atoms with van der Waals surface area (Å²) in [5.41, 5.74) is 2.09. The highest BCUT2D eigenvalue weighted by atomic mass is 16.6. The zero-order valence-corrected chi connectivity index (χ0v) is 9.17. The highest BCUT2D eigenvalue weighted by Gasteiger charge is 2.58. The van der Waals surface area contributed by atoms with Gasteiger partial charge in [-0.05, 0) is 12.0 Å². The van der Waals surface area contributed by atoms with Gasteiger partial charge in [-0.15, -0.1) is 0 Å². The summed E-state index contributed by atoms with van der Waals surface area (Å²) in [6.07, 6.45) is 0.851. The van der Waals surface area contributed by atoms with Crippen LogP contribution in [0.5, 0.6) is 0 Å². The molecular formula is C13H12N2O2. The second-order valence-electron chi connectivity index (χ2n) is 4.90. The number of carbonyl (C=O) groups is 1. The molecule has 4 unspecified atom stereocenters. The van der Waals surface area contributed by atoms with Crippen molar-refractivity contribution in [3.8, 4) is 0 Å². The molecule has 86 valence electrons. The van der Waals surface area contributed by atoms with Gasteiger partial charge in [0.2, 0.25) is 5.91 Å². The zero-order valence-electron chi connectivity index (χ0n) is 9.17. The van der Waals surface area contributed by atoms with Crippen LogP contribution in [-0.2, 0) is 9.63 Å². The van der Waals surface area contributed by atoms with Crippen molar-refractivity contribution in [2.75, 3.05) is 0 Å². The van der Waals surface area contributed by atoms with Gasteiger partial charge in [0.15, 0.2) is 0 Å². The predicted molar refractivity (Wildman–Crippen MR) is 61.4 cm³/mol. The van der Waals surface area contributed by atoms with Gasteiger partial charge in [-0.1, -0.05) is 35.5 Å². The lowest BCUT2D eigenvalue weighted by Crippen LogP contribution is -2.46. The van der Waals surface area contributed by atoms with Gasteiger partial charge >= 0.3 is 0 Å². The molecule has 0 aromatic heterocycles. The number of nitrogens with zero attached hydrogens (tertiary/aromatic N) is 1. The average molecular weight is 228 g/mol. The largest absolute Gasteiger partial charge is 0.391 e. The van der Waals surface area contributed by atoms with Crippen molar-refractivity contribution >= 4 is 11.6 Å². The van der Waals surface area contributed by atoms with Gasteiger partial charge in [0.05, 0.1) is 17.5 Å². The maximum absolute atomic E-state index is 11.6. The lowest BCUT2D eigenvalue weighted by molar-refractivity contribution is -0.129. The van der Waals surface area contributed by atoms with Crippen LogP contribution >= 0.6 is 0 Å². The Hall–Kier alpha value is -1.84. The Balaban J connectivity index is 1.71. The summed E-state index contributed by atoms with van der Waals surface area (Å²) in [5.74, 6) is 0.357. The molecule has 2 fully saturated rings. The lowest BCUT2D eigenvalue weighted by Gasteiger charge is -2.23. The molecule has 4 heteroatoms. The number of benzene rings is 1. The van der Waals surface area contributed by atoms with Crippen LogP contribution in [0.15, 0.2) is 35.5 Å². The first-order valence-electron chi connectivity index (χ1n) is 5.94. The van der Waals surface area contributed by atoms with Crippen molar-refractivity contribution in [1.29, 1.82) is 0 Å². The molecule has 4 nitrogen and oxygen atoms in total. The van der Waals surface area contributed by atoms with Crippen molar-refractivity contribution in [2.24, 2.45) is 17.0 Å². The fourth-order valence-corrected chi connectivity index (χ4v) is 3.25. The summed E-state index contributed by atoms with van der Waals surface area (Å²) in [5, 5.41) is 7.21. The van der Waals surface area contributed by atoms with E-state index in [0.717, 1.165) is 17.7 Å². The van der Waals surface area contributed by atoms with E-state index in [9.17, 15) is 4.79 Å². The molecule has 0 radical (unpaired) electrons. The second kappa shape index (κ2) is 3.09. The monoisotopic (exact) mass is 228 g/mol. The summed E-state index contributed by atoms with van der Waals surface area (Å²) in [7, 11) is 0. The van der Waals surface area contributed by atoms with Crippen LogP contribution in [0.4, 0.5) is 0 Å². The molecule has 2 aliphatic heterocycles. The fourth-order valence-electron chi connectivity index (χ4n) is 3.25. The normalized spacial score (nSPS) is 37.4. The molecule has 1 saturated carbocycles. The Kier molecular flexibility index (Phi) is 1.68. The third kappa shape index (κ3) is 1.12. The number of carbonyl (C=O) groups excluding carboxylic acids is 1. The van der Waals surface area contributed by atoms with Crippen LogP contribution < -0.4 is 5.32 Å². The number of hydrogen-bond donors (Lipinski definition) is 1. The maximum Gasteiger partial charge on any atom is 0.227 e. The van der Waals surface area contributed by atoms with E-state index in [-0.39, 0.29) is 29.9 Å². The molecular weight excluding hydrogens is 216 g/mol. The topological polar surface area (TPSA) is 50.7 Å². The predicted octanol–water partition coefficient (Wildman–Crippen LogP) is 0.924. The molecule has 0 spiro atoms. The molecule has 3 aliphatic rings. The van der Waals surface area contributed by atoms with E-state index in [0.29, 0.717) is 0 Å². The third-order valence-electron chi connectivity index (χ3n) is 4.01. The van der Waals surface area contributed by atoms with Crippen LogP contribution in [0.2, 0.25) is 0 Å². The Morgan fingerprint density at radius 1 is 1.29 bits per heavy atom. The van der Waals surface area contributed by atoms with Crippen LogP contribution in [0, 0.1) is 11.8 Å². The molecule has 1 aromatic rings. The quantitative estimate of drug-likeness (QED) is 0.777. The highest BCUT2D eigenvalue weighted by molar-refractivity contribution is 6.05. The number of amides is 1. The van der Waals surface area contributed by atoms with E-state index < -0.39 is 0 Å². The number of rotatable bonds is 1. The summed E-state index contributed by atoms with van der Waals surface area (Å²) in [6, 6.07) is 10.3. The number of nitrogens with one attached hydrogen (secondary N) is 1. The molecule has 1 aliphatic carbocycles. The van der Waals surface area contributed by atoms with Gasteiger partial charge in [0.25, 0.3) is 0 Å². The van der Waals surface area contributed by atoms with Gasteiger partial charge in [0.1, 0.15) is 6.10 Å². The molecule has 2 heterocycles. The Labute approximate surface area is 98.6 Å². The molecule has 1 saturated heterocycles. The SMILES string of the molecule is O=C1NC2CC1C1ON=C(c3ccccc3)C21. The van der Waals surface area contributed by atoms with E-state index in [1.165, 1.54) is 0 Å². The second-order valence-corrected chi connectivity index (χ2v) is 4.90. The Morgan fingerprint density at radius 2 is 2.12 bits per heavy atom. The van der Waals surface area contributed by atoms with Crippen LogP contribution in [0.1, 0.15) is 12.0 Å².